The van der Waals surface area contributed by atoms with Gasteiger partial charge in [0.05, 0.1) is 11.7 Å². The molecule has 2 nitrogen and oxygen atoms in total. The Balaban J connectivity index is 2.41. The smallest absolute Gasteiger partial charge is 0.0653 e. The Kier molecular flexibility index (Phi) is 2.79. The first-order valence-electron chi connectivity index (χ1n) is 4.87. The van der Waals surface area contributed by atoms with E-state index in [4.69, 9.17) is 0 Å². The first-order valence-corrected chi connectivity index (χ1v) is 4.87. The van der Waals surface area contributed by atoms with Crippen LogP contribution in [0.2, 0.25) is 0 Å². The molecule has 1 aliphatic rings. The third-order valence-corrected chi connectivity index (χ3v) is 3.13. The average Bonchev–Trinajstić information content (AvgIpc) is 1.84. The summed E-state index contributed by atoms with van der Waals surface area (Å²) in [7, 11) is 0. The molecule has 4 unspecified atom stereocenters. The van der Waals surface area contributed by atoms with Gasteiger partial charge in [-0.25, -0.2) is 0 Å². The molecule has 1 fully saturated rings. The monoisotopic (exact) mass is 172 g/mol. The van der Waals surface area contributed by atoms with Crippen molar-refractivity contribution >= 4 is 0 Å². The van der Waals surface area contributed by atoms with Gasteiger partial charge in [0.15, 0.2) is 0 Å². The van der Waals surface area contributed by atoms with Crippen molar-refractivity contribution in [3.63, 3.8) is 0 Å². The van der Waals surface area contributed by atoms with Gasteiger partial charge in [0.25, 0.3) is 0 Å². The summed E-state index contributed by atoms with van der Waals surface area (Å²) >= 11 is 0. The SMILES string of the molecule is CCC1C(CC(C)O)CC1(C)O. The summed E-state index contributed by atoms with van der Waals surface area (Å²) in [5.74, 6) is 0.928. The van der Waals surface area contributed by atoms with Crippen molar-refractivity contribution in [2.24, 2.45) is 11.8 Å². The van der Waals surface area contributed by atoms with Gasteiger partial charge in [0.1, 0.15) is 0 Å². The molecule has 0 aromatic carbocycles. The summed E-state index contributed by atoms with van der Waals surface area (Å²) in [6.45, 7) is 5.83. The molecular weight excluding hydrogens is 152 g/mol. The zero-order valence-corrected chi connectivity index (χ0v) is 8.25. The Hall–Kier alpha value is -0.0800. The highest BCUT2D eigenvalue weighted by Gasteiger charge is 2.47. The summed E-state index contributed by atoms with van der Waals surface area (Å²) in [6.07, 6.45) is 2.50. The van der Waals surface area contributed by atoms with E-state index in [1.165, 1.54) is 0 Å². The molecule has 2 heteroatoms. The van der Waals surface area contributed by atoms with Gasteiger partial charge in [0.2, 0.25) is 0 Å². The van der Waals surface area contributed by atoms with Gasteiger partial charge in [-0.1, -0.05) is 13.3 Å². The Morgan fingerprint density at radius 1 is 1.58 bits per heavy atom. The zero-order chi connectivity index (χ0) is 9.35. The molecule has 0 bridgehead atoms. The summed E-state index contributed by atoms with van der Waals surface area (Å²) in [5, 5.41) is 19.0. The second kappa shape index (κ2) is 3.35. The van der Waals surface area contributed by atoms with Gasteiger partial charge in [-0.2, -0.15) is 0 Å². The van der Waals surface area contributed by atoms with Crippen LogP contribution in [-0.2, 0) is 0 Å². The molecular formula is C10H20O2. The van der Waals surface area contributed by atoms with Crippen molar-refractivity contribution in [1.82, 2.24) is 0 Å². The Bertz CT molecular complexity index is 150. The Morgan fingerprint density at radius 3 is 2.50 bits per heavy atom. The van der Waals surface area contributed by atoms with Crippen molar-refractivity contribution < 1.29 is 10.2 Å². The van der Waals surface area contributed by atoms with Crippen LogP contribution in [0.3, 0.4) is 0 Å². The number of hydrogen-bond donors (Lipinski definition) is 2. The van der Waals surface area contributed by atoms with E-state index in [-0.39, 0.29) is 6.10 Å². The van der Waals surface area contributed by atoms with Crippen LogP contribution < -0.4 is 0 Å². The zero-order valence-electron chi connectivity index (χ0n) is 8.25. The van der Waals surface area contributed by atoms with Gasteiger partial charge < -0.3 is 10.2 Å². The molecule has 0 saturated heterocycles. The summed E-state index contributed by atoms with van der Waals surface area (Å²) in [4.78, 5) is 0. The van der Waals surface area contributed by atoms with E-state index >= 15 is 0 Å². The van der Waals surface area contributed by atoms with E-state index < -0.39 is 5.60 Å². The molecule has 0 aliphatic heterocycles. The second-order valence-corrected chi connectivity index (χ2v) is 4.42. The van der Waals surface area contributed by atoms with Gasteiger partial charge in [-0.05, 0) is 38.5 Å². The Labute approximate surface area is 74.6 Å². The minimum absolute atomic E-state index is 0.222. The third-order valence-electron chi connectivity index (χ3n) is 3.13. The first kappa shape index (κ1) is 10.0. The molecule has 0 amide bonds. The number of hydrogen-bond acceptors (Lipinski definition) is 2. The number of rotatable bonds is 3. The van der Waals surface area contributed by atoms with Crippen molar-refractivity contribution in [2.75, 3.05) is 0 Å². The van der Waals surface area contributed by atoms with Gasteiger partial charge in [0, 0.05) is 0 Å². The molecule has 4 atom stereocenters. The largest absolute Gasteiger partial charge is 0.393 e. The minimum atomic E-state index is -0.464. The van der Waals surface area contributed by atoms with Crippen LogP contribution in [0.5, 0.6) is 0 Å². The lowest BCUT2D eigenvalue weighted by Crippen LogP contribution is -2.52. The van der Waals surface area contributed by atoms with E-state index in [2.05, 4.69) is 6.92 Å². The quantitative estimate of drug-likeness (QED) is 0.678. The fourth-order valence-corrected chi connectivity index (χ4v) is 2.63. The second-order valence-electron chi connectivity index (χ2n) is 4.42. The van der Waals surface area contributed by atoms with Crippen LogP contribution >= 0.6 is 0 Å². The van der Waals surface area contributed by atoms with Crippen molar-refractivity contribution in [3.05, 3.63) is 0 Å². The van der Waals surface area contributed by atoms with Crippen molar-refractivity contribution in [1.29, 1.82) is 0 Å². The topological polar surface area (TPSA) is 40.5 Å². The minimum Gasteiger partial charge on any atom is -0.393 e. The lowest BCUT2D eigenvalue weighted by Gasteiger charge is -2.50. The maximum absolute atomic E-state index is 9.77. The van der Waals surface area contributed by atoms with Crippen LogP contribution in [0.15, 0.2) is 0 Å². The van der Waals surface area contributed by atoms with E-state index in [9.17, 15) is 10.2 Å². The first-order chi connectivity index (χ1) is 5.47. The molecule has 72 valence electrons. The van der Waals surface area contributed by atoms with Gasteiger partial charge in [-0.3, -0.25) is 0 Å². The standard InChI is InChI=1S/C10H20O2/c1-4-9-8(5-7(2)11)6-10(9,3)12/h7-9,11-12H,4-6H2,1-3H3. The van der Waals surface area contributed by atoms with E-state index in [1.807, 2.05) is 13.8 Å². The summed E-state index contributed by atoms with van der Waals surface area (Å²) in [5.41, 5.74) is -0.464. The van der Waals surface area contributed by atoms with Crippen molar-refractivity contribution in [3.8, 4) is 0 Å². The van der Waals surface area contributed by atoms with E-state index in [0.29, 0.717) is 11.8 Å². The fraction of sp³-hybridized carbons (Fsp3) is 1.00. The summed E-state index contributed by atoms with van der Waals surface area (Å²) in [6, 6.07) is 0. The molecule has 0 heterocycles. The molecule has 1 aliphatic carbocycles. The van der Waals surface area contributed by atoms with Crippen LogP contribution in [0.4, 0.5) is 0 Å². The number of aliphatic hydroxyl groups excluding tert-OH is 1. The highest BCUT2D eigenvalue weighted by Crippen LogP contribution is 2.47. The Morgan fingerprint density at radius 2 is 2.17 bits per heavy atom. The third kappa shape index (κ3) is 1.80. The predicted molar refractivity (Wildman–Crippen MR) is 48.8 cm³/mol. The molecule has 0 aromatic heterocycles. The molecule has 0 spiro atoms. The number of aliphatic hydroxyl groups is 2. The molecule has 1 saturated carbocycles. The van der Waals surface area contributed by atoms with Gasteiger partial charge >= 0.3 is 0 Å². The molecule has 0 aromatic rings. The molecule has 0 radical (unpaired) electrons. The van der Waals surface area contributed by atoms with Crippen LogP contribution in [0.1, 0.15) is 40.0 Å². The maximum atomic E-state index is 9.77. The fourth-order valence-electron chi connectivity index (χ4n) is 2.63. The highest BCUT2D eigenvalue weighted by atomic mass is 16.3. The lowest BCUT2D eigenvalue weighted by molar-refractivity contribution is -0.134. The normalized spacial score (nSPS) is 43.8. The van der Waals surface area contributed by atoms with E-state index in [1.54, 1.807) is 0 Å². The molecule has 1 rings (SSSR count). The van der Waals surface area contributed by atoms with Gasteiger partial charge in [-0.15, -0.1) is 0 Å². The molecule has 12 heavy (non-hydrogen) atoms. The van der Waals surface area contributed by atoms with Crippen LogP contribution in [0, 0.1) is 11.8 Å². The molecule has 2 N–H and O–H groups in total. The highest BCUT2D eigenvalue weighted by molar-refractivity contribution is 4.98. The van der Waals surface area contributed by atoms with Crippen LogP contribution in [0.25, 0.3) is 0 Å². The average molecular weight is 172 g/mol. The summed E-state index contributed by atoms with van der Waals surface area (Å²) < 4.78 is 0. The lowest BCUT2D eigenvalue weighted by atomic mass is 9.59. The van der Waals surface area contributed by atoms with Crippen molar-refractivity contribution in [2.45, 2.75) is 51.7 Å². The predicted octanol–water partition coefficient (Wildman–Crippen LogP) is 1.55. The van der Waals surface area contributed by atoms with Crippen LogP contribution in [-0.4, -0.2) is 21.9 Å². The van der Waals surface area contributed by atoms with E-state index in [0.717, 1.165) is 19.3 Å². The maximum Gasteiger partial charge on any atom is 0.0653 e.